The number of aromatic nitrogens is 2. The van der Waals surface area contributed by atoms with Gasteiger partial charge in [0.1, 0.15) is 5.82 Å². The van der Waals surface area contributed by atoms with E-state index in [-0.39, 0.29) is 18.0 Å². The maximum absolute atomic E-state index is 14.4. The van der Waals surface area contributed by atoms with E-state index in [0.717, 1.165) is 29.7 Å². The van der Waals surface area contributed by atoms with Gasteiger partial charge in [0.05, 0.1) is 30.4 Å². The van der Waals surface area contributed by atoms with Gasteiger partial charge in [0.15, 0.2) is 0 Å². The van der Waals surface area contributed by atoms with Crippen LogP contribution in [0.15, 0.2) is 30.7 Å². The van der Waals surface area contributed by atoms with Gasteiger partial charge in [-0.1, -0.05) is 31.4 Å². The summed E-state index contributed by atoms with van der Waals surface area (Å²) in [6.07, 6.45) is 9.60. The molecule has 1 aromatic heterocycles. The molecule has 1 aromatic carbocycles. The van der Waals surface area contributed by atoms with Crippen LogP contribution in [0.2, 0.25) is 0 Å². The molecule has 22 heavy (non-hydrogen) atoms. The van der Waals surface area contributed by atoms with E-state index in [2.05, 4.69) is 4.98 Å². The minimum Gasteiger partial charge on any atom is -0.393 e. The summed E-state index contributed by atoms with van der Waals surface area (Å²) in [5, 5.41) is 10.7. The summed E-state index contributed by atoms with van der Waals surface area (Å²) in [5.41, 5.74) is 2.59. The molecule has 3 nitrogen and oxygen atoms in total. The van der Waals surface area contributed by atoms with Gasteiger partial charge in [-0.15, -0.1) is 0 Å². The van der Waals surface area contributed by atoms with Crippen LogP contribution in [0.1, 0.15) is 50.1 Å². The van der Waals surface area contributed by atoms with Crippen molar-refractivity contribution in [2.24, 2.45) is 5.92 Å². The summed E-state index contributed by atoms with van der Waals surface area (Å²) in [6, 6.07) is 5.06. The highest BCUT2D eigenvalue weighted by molar-refractivity contribution is 5.69. The third kappa shape index (κ3) is 2.17. The number of hydrogen-bond donors (Lipinski definition) is 1. The van der Waals surface area contributed by atoms with E-state index in [1.165, 1.54) is 25.3 Å². The number of aliphatic hydroxyl groups is 1. The molecular weight excluding hydrogens is 279 g/mol. The fraction of sp³-hybridized carbons (Fsp3) is 0.500. The topological polar surface area (TPSA) is 38.1 Å². The van der Waals surface area contributed by atoms with Gasteiger partial charge in [-0.25, -0.2) is 9.37 Å². The molecule has 1 fully saturated rings. The van der Waals surface area contributed by atoms with E-state index < -0.39 is 0 Å². The Balaban J connectivity index is 1.65. The van der Waals surface area contributed by atoms with Gasteiger partial charge in [0, 0.05) is 11.1 Å². The average molecular weight is 300 g/mol. The van der Waals surface area contributed by atoms with Gasteiger partial charge in [-0.3, -0.25) is 0 Å². The van der Waals surface area contributed by atoms with Crippen LogP contribution in [-0.2, 0) is 0 Å². The first-order chi connectivity index (χ1) is 10.8. The van der Waals surface area contributed by atoms with Gasteiger partial charge in [0.2, 0.25) is 0 Å². The number of rotatable bonds is 3. The first-order valence-corrected chi connectivity index (χ1v) is 8.24. The number of benzene rings is 1. The monoisotopic (exact) mass is 300 g/mol. The van der Waals surface area contributed by atoms with Crippen molar-refractivity contribution in [1.82, 2.24) is 9.55 Å². The Hall–Kier alpha value is -1.68. The van der Waals surface area contributed by atoms with E-state index in [0.29, 0.717) is 12.3 Å². The molecule has 2 atom stereocenters. The molecule has 2 aliphatic rings. The number of fused-ring (bicyclic) bond motifs is 3. The zero-order valence-electron chi connectivity index (χ0n) is 12.6. The average Bonchev–Trinajstić information content (AvgIpc) is 3.12. The second kappa shape index (κ2) is 5.51. The van der Waals surface area contributed by atoms with Crippen LogP contribution in [0.3, 0.4) is 0 Å². The highest BCUT2D eigenvalue weighted by Gasteiger charge is 2.34. The van der Waals surface area contributed by atoms with Crippen LogP contribution in [0.25, 0.3) is 11.3 Å². The zero-order chi connectivity index (χ0) is 15.1. The Bertz CT molecular complexity index is 675. The van der Waals surface area contributed by atoms with Crippen LogP contribution >= 0.6 is 0 Å². The largest absolute Gasteiger partial charge is 0.393 e. The Morgan fingerprint density at radius 2 is 2.09 bits per heavy atom. The summed E-state index contributed by atoms with van der Waals surface area (Å²) in [7, 11) is 0. The van der Waals surface area contributed by atoms with E-state index in [1.807, 2.05) is 10.6 Å². The van der Waals surface area contributed by atoms with Crippen molar-refractivity contribution in [3.63, 3.8) is 0 Å². The minimum atomic E-state index is -0.369. The maximum Gasteiger partial charge on any atom is 0.129 e. The standard InChI is InChI=1S/C18H21FN2O/c19-14-8-4-7-13-16-10-20-11-21(16)15(18(13)14)9-17(22)12-5-2-1-3-6-12/h4,7-8,10-12,15,17,22H,1-3,5-6,9H2/t15-,17+/m1/s1. The van der Waals surface area contributed by atoms with Crippen LogP contribution in [0.5, 0.6) is 0 Å². The number of hydrogen-bond acceptors (Lipinski definition) is 2. The molecule has 1 saturated carbocycles. The van der Waals surface area contributed by atoms with Crippen LogP contribution in [-0.4, -0.2) is 20.8 Å². The third-order valence-electron chi connectivity index (χ3n) is 5.32. The zero-order valence-corrected chi connectivity index (χ0v) is 12.6. The van der Waals surface area contributed by atoms with E-state index in [1.54, 1.807) is 18.6 Å². The van der Waals surface area contributed by atoms with Crippen molar-refractivity contribution in [2.75, 3.05) is 0 Å². The highest BCUT2D eigenvalue weighted by atomic mass is 19.1. The smallest absolute Gasteiger partial charge is 0.129 e. The van der Waals surface area contributed by atoms with Gasteiger partial charge in [-0.05, 0) is 31.2 Å². The lowest BCUT2D eigenvalue weighted by atomic mass is 9.82. The Morgan fingerprint density at radius 3 is 2.91 bits per heavy atom. The van der Waals surface area contributed by atoms with Crippen molar-refractivity contribution < 1.29 is 9.50 Å². The molecule has 0 saturated heterocycles. The van der Waals surface area contributed by atoms with Crippen molar-refractivity contribution in [3.8, 4) is 11.3 Å². The molecule has 1 aliphatic heterocycles. The maximum atomic E-state index is 14.4. The fourth-order valence-electron chi connectivity index (χ4n) is 4.17. The van der Waals surface area contributed by atoms with Crippen molar-refractivity contribution in [2.45, 2.75) is 50.7 Å². The number of halogens is 1. The fourth-order valence-corrected chi connectivity index (χ4v) is 4.17. The van der Waals surface area contributed by atoms with Gasteiger partial charge in [-0.2, -0.15) is 0 Å². The second-order valence-electron chi connectivity index (χ2n) is 6.60. The Kier molecular flexibility index (Phi) is 3.49. The Morgan fingerprint density at radius 1 is 1.27 bits per heavy atom. The molecule has 1 aliphatic carbocycles. The van der Waals surface area contributed by atoms with E-state index >= 15 is 0 Å². The molecule has 0 amide bonds. The van der Waals surface area contributed by atoms with Crippen molar-refractivity contribution in [3.05, 3.63) is 42.1 Å². The van der Waals surface area contributed by atoms with Gasteiger partial charge in [0.25, 0.3) is 0 Å². The van der Waals surface area contributed by atoms with Crippen LogP contribution < -0.4 is 0 Å². The summed E-state index contributed by atoms with van der Waals surface area (Å²) in [4.78, 5) is 4.20. The summed E-state index contributed by atoms with van der Waals surface area (Å²) in [5.74, 6) is 0.179. The summed E-state index contributed by atoms with van der Waals surface area (Å²) >= 11 is 0. The normalized spacial score (nSPS) is 22.4. The minimum absolute atomic E-state index is 0.134. The lowest BCUT2D eigenvalue weighted by Gasteiger charge is -2.29. The Labute approximate surface area is 129 Å². The van der Waals surface area contributed by atoms with E-state index in [4.69, 9.17) is 0 Å². The number of aliphatic hydroxyl groups excluding tert-OH is 1. The summed E-state index contributed by atoms with van der Waals surface area (Å²) in [6.45, 7) is 0. The van der Waals surface area contributed by atoms with Crippen LogP contribution in [0.4, 0.5) is 4.39 Å². The van der Waals surface area contributed by atoms with E-state index in [9.17, 15) is 9.50 Å². The highest BCUT2D eigenvalue weighted by Crippen LogP contribution is 2.43. The molecule has 1 N–H and O–H groups in total. The predicted molar refractivity (Wildman–Crippen MR) is 83.0 cm³/mol. The van der Waals surface area contributed by atoms with Crippen molar-refractivity contribution in [1.29, 1.82) is 0 Å². The molecule has 2 heterocycles. The molecule has 4 rings (SSSR count). The quantitative estimate of drug-likeness (QED) is 0.933. The molecular formula is C18H21FN2O. The molecule has 2 aromatic rings. The number of nitrogens with zero attached hydrogens (tertiary/aromatic N) is 2. The van der Waals surface area contributed by atoms with Crippen molar-refractivity contribution >= 4 is 0 Å². The second-order valence-corrected chi connectivity index (χ2v) is 6.60. The SMILES string of the molecule is O[C@@H](C[C@@H]1c2c(F)cccc2-c2cncn21)C1CCCCC1. The molecule has 0 radical (unpaired) electrons. The summed E-state index contributed by atoms with van der Waals surface area (Å²) < 4.78 is 16.4. The number of imidazole rings is 1. The molecule has 0 spiro atoms. The van der Waals surface area contributed by atoms with Gasteiger partial charge >= 0.3 is 0 Å². The first kappa shape index (κ1) is 13.9. The first-order valence-electron chi connectivity index (χ1n) is 8.24. The molecule has 116 valence electrons. The lowest BCUT2D eigenvalue weighted by Crippen LogP contribution is -2.26. The van der Waals surface area contributed by atoms with Gasteiger partial charge < -0.3 is 9.67 Å². The molecule has 4 heteroatoms. The third-order valence-corrected chi connectivity index (χ3v) is 5.32. The molecule has 0 bridgehead atoms. The predicted octanol–water partition coefficient (Wildman–Crippen LogP) is 3.92. The van der Waals surface area contributed by atoms with Crippen LogP contribution in [0, 0.1) is 11.7 Å². The molecule has 0 unspecified atom stereocenters. The lowest BCUT2D eigenvalue weighted by molar-refractivity contribution is 0.0683.